The molecule has 0 saturated carbocycles. The number of nitrogens with zero attached hydrogens (tertiary/aromatic N) is 4. The first-order valence-corrected chi connectivity index (χ1v) is 8.39. The highest BCUT2D eigenvalue weighted by Crippen LogP contribution is 2.24. The Morgan fingerprint density at radius 1 is 1.14 bits per heavy atom. The van der Waals surface area contributed by atoms with Gasteiger partial charge in [-0.1, -0.05) is 38.5 Å². The molecule has 2 aliphatic heterocycles. The van der Waals surface area contributed by atoms with Gasteiger partial charge in [0.15, 0.2) is 0 Å². The Kier molecular flexibility index (Phi) is 4.57. The van der Waals surface area contributed by atoms with Crippen LogP contribution >= 0.6 is 0 Å². The second kappa shape index (κ2) is 6.61. The Balaban J connectivity index is 1.70. The van der Waals surface area contributed by atoms with Gasteiger partial charge in [0.2, 0.25) is 5.95 Å². The van der Waals surface area contributed by atoms with Gasteiger partial charge in [0.05, 0.1) is 11.4 Å². The number of rotatable bonds is 4. The summed E-state index contributed by atoms with van der Waals surface area (Å²) in [5, 5.41) is 0. The lowest BCUT2D eigenvalue weighted by atomic mass is 10.1. The summed E-state index contributed by atoms with van der Waals surface area (Å²) in [6.45, 7) is 11.3. The molecule has 1 aliphatic carbocycles. The maximum absolute atomic E-state index is 4.71. The van der Waals surface area contributed by atoms with Crippen molar-refractivity contribution in [3.63, 3.8) is 0 Å². The Hall–Kier alpha value is -1.68. The van der Waals surface area contributed by atoms with E-state index in [1.807, 2.05) is 30.3 Å². The predicted molar refractivity (Wildman–Crippen MR) is 91.4 cm³/mol. The van der Waals surface area contributed by atoms with Gasteiger partial charge in [0, 0.05) is 32.2 Å². The van der Waals surface area contributed by atoms with E-state index in [9.17, 15) is 0 Å². The van der Waals surface area contributed by atoms with Gasteiger partial charge in [-0.05, 0) is 25.0 Å². The largest absolute Gasteiger partial charge is 0.338 e. The zero-order valence-corrected chi connectivity index (χ0v) is 13.9. The fourth-order valence-corrected chi connectivity index (χ4v) is 3.08. The number of aromatic nitrogens is 2. The van der Waals surface area contributed by atoms with Crippen molar-refractivity contribution < 1.29 is 0 Å². The maximum Gasteiger partial charge on any atom is 0.226 e. The summed E-state index contributed by atoms with van der Waals surface area (Å²) in [6.07, 6.45) is 1.25. The molecule has 2 heterocycles. The summed E-state index contributed by atoms with van der Waals surface area (Å²) in [5.74, 6) is 1.66. The molecule has 0 radical (unpaired) electrons. The van der Waals surface area contributed by atoms with Crippen molar-refractivity contribution in [3.8, 4) is 11.4 Å². The maximum atomic E-state index is 4.71. The minimum Gasteiger partial charge on any atom is -0.338 e. The normalized spacial score (nSPS) is 21.2. The molecule has 0 amide bonds. The smallest absolute Gasteiger partial charge is 0.226 e. The summed E-state index contributed by atoms with van der Waals surface area (Å²) in [4.78, 5) is 14.4. The van der Waals surface area contributed by atoms with Gasteiger partial charge < -0.3 is 4.90 Å². The summed E-state index contributed by atoms with van der Waals surface area (Å²) in [5.41, 5.74) is 1.96. The van der Waals surface area contributed by atoms with Gasteiger partial charge in [-0.2, -0.15) is 0 Å². The average molecular weight is 298 g/mol. The molecule has 0 aromatic carbocycles. The van der Waals surface area contributed by atoms with E-state index in [4.69, 9.17) is 9.97 Å². The van der Waals surface area contributed by atoms with Crippen molar-refractivity contribution in [2.45, 2.75) is 33.2 Å². The van der Waals surface area contributed by atoms with Gasteiger partial charge in [0.25, 0.3) is 0 Å². The second-order valence-corrected chi connectivity index (χ2v) is 6.51. The fourth-order valence-electron chi connectivity index (χ4n) is 3.08. The Morgan fingerprint density at radius 2 is 1.82 bits per heavy atom. The molecule has 3 rings (SSSR count). The van der Waals surface area contributed by atoms with E-state index in [1.54, 1.807) is 0 Å². The fraction of sp³-hybridized carbons (Fsp3) is 0.556. The van der Waals surface area contributed by atoms with E-state index in [1.165, 1.54) is 13.0 Å². The number of imidazole rings is 1. The molecule has 0 aromatic rings. The van der Waals surface area contributed by atoms with Crippen molar-refractivity contribution in [2.75, 3.05) is 31.1 Å². The zero-order valence-electron chi connectivity index (χ0n) is 13.9. The van der Waals surface area contributed by atoms with E-state index < -0.39 is 0 Å². The summed E-state index contributed by atoms with van der Waals surface area (Å²) in [6, 6.07) is 10.7. The third-order valence-electron chi connectivity index (χ3n) is 4.72. The topological polar surface area (TPSA) is 32.3 Å². The van der Waals surface area contributed by atoms with E-state index in [0.29, 0.717) is 6.04 Å². The van der Waals surface area contributed by atoms with Crippen LogP contribution in [0.5, 0.6) is 0 Å². The predicted octanol–water partition coefficient (Wildman–Crippen LogP) is 3.14. The minimum absolute atomic E-state index is 0.556. The zero-order chi connectivity index (χ0) is 15.5. The SMILES string of the molecule is CCC(C)CN1CCN(c2nc3cccccc-3n2)CC1C. The van der Waals surface area contributed by atoms with E-state index in [-0.39, 0.29) is 0 Å². The Bertz CT molecular complexity index is 554. The molecule has 1 fully saturated rings. The molecule has 0 spiro atoms. The van der Waals surface area contributed by atoms with Crippen molar-refractivity contribution in [1.29, 1.82) is 0 Å². The van der Waals surface area contributed by atoms with Crippen LogP contribution < -0.4 is 4.90 Å². The highest BCUT2D eigenvalue weighted by molar-refractivity contribution is 5.60. The van der Waals surface area contributed by atoms with E-state index in [2.05, 4.69) is 30.6 Å². The van der Waals surface area contributed by atoms with Crippen LogP contribution in [0.4, 0.5) is 5.95 Å². The van der Waals surface area contributed by atoms with Crippen LogP contribution in [-0.4, -0.2) is 47.1 Å². The molecule has 1 saturated heterocycles. The van der Waals surface area contributed by atoms with Gasteiger partial charge >= 0.3 is 0 Å². The average Bonchev–Trinajstić information content (AvgIpc) is 2.80. The number of hydrogen-bond acceptors (Lipinski definition) is 4. The van der Waals surface area contributed by atoms with Crippen LogP contribution in [0.15, 0.2) is 30.3 Å². The molecule has 4 heteroatoms. The first-order chi connectivity index (χ1) is 10.7. The van der Waals surface area contributed by atoms with E-state index in [0.717, 1.165) is 42.9 Å². The highest BCUT2D eigenvalue weighted by Gasteiger charge is 2.27. The number of hydrogen-bond donors (Lipinski definition) is 0. The molecule has 118 valence electrons. The molecule has 0 aromatic heterocycles. The van der Waals surface area contributed by atoms with Crippen LogP contribution in [0, 0.1) is 5.92 Å². The van der Waals surface area contributed by atoms with Gasteiger partial charge in [-0.3, -0.25) is 4.90 Å². The van der Waals surface area contributed by atoms with Gasteiger partial charge in [-0.25, -0.2) is 9.97 Å². The molecule has 3 aliphatic rings. The lowest BCUT2D eigenvalue weighted by molar-refractivity contribution is 0.163. The van der Waals surface area contributed by atoms with E-state index >= 15 is 0 Å². The highest BCUT2D eigenvalue weighted by atomic mass is 15.3. The van der Waals surface area contributed by atoms with Crippen LogP contribution in [0.3, 0.4) is 0 Å². The second-order valence-electron chi connectivity index (χ2n) is 6.51. The Labute approximate surface area is 133 Å². The summed E-state index contributed by atoms with van der Waals surface area (Å²) < 4.78 is 0. The van der Waals surface area contributed by atoms with Crippen molar-refractivity contribution in [1.82, 2.24) is 14.9 Å². The standard InChI is InChI=1S/C18H26N4/c1-4-14(2)12-21-10-11-22(13-15(21)3)18-19-16-8-6-5-7-9-17(16)20-18/h5-9,14-15H,4,10-13H2,1-3H3. The molecule has 2 unspecified atom stereocenters. The Morgan fingerprint density at radius 3 is 2.41 bits per heavy atom. The van der Waals surface area contributed by atoms with Crippen molar-refractivity contribution in [3.05, 3.63) is 30.3 Å². The molecule has 0 bridgehead atoms. The van der Waals surface area contributed by atoms with Gasteiger partial charge in [0.1, 0.15) is 0 Å². The monoisotopic (exact) mass is 298 g/mol. The van der Waals surface area contributed by atoms with Crippen LogP contribution in [0.25, 0.3) is 11.4 Å². The molecule has 22 heavy (non-hydrogen) atoms. The minimum atomic E-state index is 0.556. The molecular weight excluding hydrogens is 272 g/mol. The van der Waals surface area contributed by atoms with Crippen molar-refractivity contribution >= 4 is 5.95 Å². The number of piperazine rings is 1. The lowest BCUT2D eigenvalue weighted by Crippen LogP contribution is -2.53. The number of anilines is 1. The van der Waals surface area contributed by atoms with Crippen LogP contribution in [0.1, 0.15) is 27.2 Å². The molecule has 4 nitrogen and oxygen atoms in total. The number of fused-ring (bicyclic) bond motifs is 1. The summed E-state index contributed by atoms with van der Waals surface area (Å²) in [7, 11) is 0. The molecule has 0 N–H and O–H groups in total. The third kappa shape index (κ3) is 3.22. The van der Waals surface area contributed by atoms with Crippen LogP contribution in [-0.2, 0) is 0 Å². The quantitative estimate of drug-likeness (QED) is 0.868. The molecular formula is C18H26N4. The lowest BCUT2D eigenvalue weighted by Gasteiger charge is -2.40. The summed E-state index contributed by atoms with van der Waals surface area (Å²) >= 11 is 0. The first-order valence-electron chi connectivity index (χ1n) is 8.39. The first kappa shape index (κ1) is 15.2. The third-order valence-corrected chi connectivity index (χ3v) is 4.72. The van der Waals surface area contributed by atoms with Crippen LogP contribution in [0.2, 0.25) is 0 Å². The molecule has 2 atom stereocenters. The van der Waals surface area contributed by atoms with Gasteiger partial charge in [-0.15, -0.1) is 0 Å². The van der Waals surface area contributed by atoms with Crippen molar-refractivity contribution in [2.24, 2.45) is 5.92 Å².